The Morgan fingerprint density at radius 3 is 1.67 bits per heavy atom. The highest BCUT2D eigenvalue weighted by molar-refractivity contribution is 7.99. The molecule has 0 aromatic heterocycles. The molecule has 0 unspecified atom stereocenters. The van der Waals surface area contributed by atoms with Crippen molar-refractivity contribution >= 4 is 11.8 Å². The first-order valence-corrected chi connectivity index (χ1v) is 6.39. The molecule has 0 bridgehead atoms. The number of hydrogen-bond acceptors (Lipinski definition) is 2. The minimum Gasteiger partial charge on any atom is -0.302 e. The second-order valence-corrected chi connectivity index (χ2v) is 3.27. The molecule has 0 N–H and O–H groups in total. The van der Waals surface area contributed by atoms with Crippen molar-refractivity contribution < 1.29 is 0 Å². The van der Waals surface area contributed by atoms with Gasteiger partial charge in [0.2, 0.25) is 0 Å². The molecule has 0 saturated carbocycles. The smallest absolute Gasteiger partial charge is 0.00726 e. The van der Waals surface area contributed by atoms with Gasteiger partial charge in [0.15, 0.2) is 0 Å². The van der Waals surface area contributed by atoms with Gasteiger partial charge >= 0.3 is 0 Å². The van der Waals surface area contributed by atoms with Crippen LogP contribution in [-0.4, -0.2) is 36.0 Å². The zero-order valence-corrected chi connectivity index (χ0v) is 10.2. The first-order valence-electron chi connectivity index (χ1n) is 5.23. The van der Waals surface area contributed by atoms with Crippen LogP contribution in [0.4, 0.5) is 0 Å². The summed E-state index contributed by atoms with van der Waals surface area (Å²) in [6, 6.07) is 0. The van der Waals surface area contributed by atoms with Crippen molar-refractivity contribution in [2.45, 2.75) is 34.6 Å². The summed E-state index contributed by atoms with van der Waals surface area (Å²) in [6.45, 7) is 14.1. The lowest BCUT2D eigenvalue weighted by Gasteiger charge is -2.23. The van der Waals surface area contributed by atoms with Crippen LogP contribution in [-0.2, 0) is 0 Å². The maximum Gasteiger partial charge on any atom is 0.00726 e. The summed E-state index contributed by atoms with van der Waals surface area (Å²) in [5.74, 6) is 2.68. The molecule has 0 aromatic rings. The summed E-state index contributed by atoms with van der Waals surface area (Å²) >= 11 is 2.07. The lowest BCUT2D eigenvalue weighted by molar-refractivity contribution is 0.320. The molecule has 2 heteroatoms. The standard InChI is InChI=1S/C6H13NS.2C2H6/c1-2-7-3-5-8-6-4-7;2*1-2/h2-6H2,1H3;2*1-2H3. The Morgan fingerprint density at radius 2 is 1.42 bits per heavy atom. The molecule has 1 aliphatic heterocycles. The van der Waals surface area contributed by atoms with Gasteiger partial charge in [-0.05, 0) is 6.54 Å². The summed E-state index contributed by atoms with van der Waals surface area (Å²) in [6.07, 6.45) is 0. The summed E-state index contributed by atoms with van der Waals surface area (Å²) in [7, 11) is 0. The zero-order valence-electron chi connectivity index (χ0n) is 9.39. The van der Waals surface area contributed by atoms with Crippen LogP contribution in [0, 0.1) is 0 Å². The van der Waals surface area contributed by atoms with E-state index in [1.807, 2.05) is 27.7 Å². The van der Waals surface area contributed by atoms with Gasteiger partial charge in [-0.15, -0.1) is 0 Å². The van der Waals surface area contributed by atoms with Crippen molar-refractivity contribution in [3.8, 4) is 0 Å². The molecular formula is C10H25NS. The van der Waals surface area contributed by atoms with Gasteiger partial charge in [0.05, 0.1) is 0 Å². The Labute approximate surface area is 82.9 Å². The van der Waals surface area contributed by atoms with Gasteiger partial charge in [-0.1, -0.05) is 34.6 Å². The summed E-state index contributed by atoms with van der Waals surface area (Å²) in [5, 5.41) is 0. The van der Waals surface area contributed by atoms with Crippen molar-refractivity contribution in [2.24, 2.45) is 0 Å². The van der Waals surface area contributed by atoms with E-state index in [1.54, 1.807) is 0 Å². The van der Waals surface area contributed by atoms with Crippen molar-refractivity contribution in [3.63, 3.8) is 0 Å². The molecule has 1 saturated heterocycles. The predicted molar refractivity (Wildman–Crippen MR) is 62.1 cm³/mol. The molecule has 76 valence electrons. The molecule has 1 rings (SSSR count). The fraction of sp³-hybridized carbons (Fsp3) is 1.00. The van der Waals surface area contributed by atoms with Crippen LogP contribution in [0.25, 0.3) is 0 Å². The summed E-state index contributed by atoms with van der Waals surface area (Å²) in [4.78, 5) is 2.50. The fourth-order valence-electron chi connectivity index (χ4n) is 0.917. The van der Waals surface area contributed by atoms with Crippen LogP contribution in [0.3, 0.4) is 0 Å². The number of rotatable bonds is 1. The quantitative estimate of drug-likeness (QED) is 0.626. The fourth-order valence-corrected chi connectivity index (χ4v) is 1.90. The molecular weight excluding hydrogens is 166 g/mol. The third kappa shape index (κ3) is 8.41. The topological polar surface area (TPSA) is 3.24 Å². The minimum absolute atomic E-state index is 1.24. The van der Waals surface area contributed by atoms with E-state index in [0.717, 1.165) is 0 Å². The predicted octanol–water partition coefficient (Wildman–Crippen LogP) is 3.11. The van der Waals surface area contributed by atoms with Gasteiger partial charge in [0.25, 0.3) is 0 Å². The summed E-state index contributed by atoms with van der Waals surface area (Å²) < 4.78 is 0. The van der Waals surface area contributed by atoms with Crippen LogP contribution in [0.5, 0.6) is 0 Å². The Bertz CT molecular complexity index is 60.9. The zero-order chi connectivity index (χ0) is 9.82. The lowest BCUT2D eigenvalue weighted by Crippen LogP contribution is -2.31. The summed E-state index contributed by atoms with van der Waals surface area (Å²) in [5.41, 5.74) is 0. The third-order valence-corrected chi connectivity index (χ3v) is 2.49. The SMILES string of the molecule is CC.CC.CCN1CCSCC1. The van der Waals surface area contributed by atoms with Gasteiger partial charge < -0.3 is 4.90 Å². The molecule has 0 aliphatic carbocycles. The monoisotopic (exact) mass is 191 g/mol. The average Bonchev–Trinajstić information content (AvgIpc) is 2.25. The molecule has 1 heterocycles. The van der Waals surface area contributed by atoms with E-state index in [-0.39, 0.29) is 0 Å². The molecule has 1 aliphatic rings. The maximum absolute atomic E-state index is 2.50. The van der Waals surface area contributed by atoms with E-state index in [4.69, 9.17) is 0 Å². The maximum atomic E-state index is 2.50. The van der Waals surface area contributed by atoms with Crippen molar-refractivity contribution in [1.29, 1.82) is 0 Å². The second kappa shape index (κ2) is 13.9. The van der Waals surface area contributed by atoms with Crippen LogP contribution < -0.4 is 0 Å². The van der Waals surface area contributed by atoms with E-state index in [9.17, 15) is 0 Å². The van der Waals surface area contributed by atoms with Gasteiger partial charge in [0, 0.05) is 24.6 Å². The molecule has 0 amide bonds. The van der Waals surface area contributed by atoms with Crippen molar-refractivity contribution in [3.05, 3.63) is 0 Å². The average molecular weight is 191 g/mol. The molecule has 1 fully saturated rings. The normalized spacial score (nSPS) is 16.8. The first kappa shape index (κ1) is 14.8. The van der Waals surface area contributed by atoms with Gasteiger partial charge in [0.1, 0.15) is 0 Å². The van der Waals surface area contributed by atoms with Gasteiger partial charge in [-0.3, -0.25) is 0 Å². The molecule has 0 atom stereocenters. The van der Waals surface area contributed by atoms with Crippen LogP contribution in [0.2, 0.25) is 0 Å². The second-order valence-electron chi connectivity index (χ2n) is 2.05. The Balaban J connectivity index is 0. The van der Waals surface area contributed by atoms with Crippen LogP contribution >= 0.6 is 11.8 Å². The molecule has 0 aromatic carbocycles. The molecule has 1 nitrogen and oxygen atoms in total. The molecule has 0 spiro atoms. The highest BCUT2D eigenvalue weighted by atomic mass is 32.2. The van der Waals surface area contributed by atoms with E-state index >= 15 is 0 Å². The van der Waals surface area contributed by atoms with E-state index < -0.39 is 0 Å². The van der Waals surface area contributed by atoms with Gasteiger partial charge in [-0.2, -0.15) is 11.8 Å². The van der Waals surface area contributed by atoms with Crippen LogP contribution in [0.15, 0.2) is 0 Å². The van der Waals surface area contributed by atoms with Gasteiger partial charge in [-0.25, -0.2) is 0 Å². The van der Waals surface area contributed by atoms with Crippen molar-refractivity contribution in [2.75, 3.05) is 31.1 Å². The number of nitrogens with zero attached hydrogens (tertiary/aromatic N) is 1. The lowest BCUT2D eigenvalue weighted by atomic mass is 10.5. The molecule has 0 radical (unpaired) electrons. The van der Waals surface area contributed by atoms with E-state index in [2.05, 4.69) is 23.6 Å². The number of hydrogen-bond donors (Lipinski definition) is 0. The first-order chi connectivity index (χ1) is 5.93. The Kier molecular flexibility index (Phi) is 17.1. The number of thioether (sulfide) groups is 1. The highest BCUT2D eigenvalue weighted by Gasteiger charge is 2.05. The molecule has 12 heavy (non-hydrogen) atoms. The minimum atomic E-state index is 1.24. The Morgan fingerprint density at radius 1 is 1.00 bits per heavy atom. The largest absolute Gasteiger partial charge is 0.302 e. The van der Waals surface area contributed by atoms with Crippen molar-refractivity contribution in [1.82, 2.24) is 4.90 Å². The van der Waals surface area contributed by atoms with E-state index in [1.165, 1.54) is 31.1 Å². The third-order valence-electron chi connectivity index (χ3n) is 1.55. The highest BCUT2D eigenvalue weighted by Crippen LogP contribution is 2.07. The van der Waals surface area contributed by atoms with Crippen LogP contribution in [0.1, 0.15) is 34.6 Å². The Hall–Kier alpha value is 0.310. The van der Waals surface area contributed by atoms with E-state index in [0.29, 0.717) is 0 Å².